The Balaban J connectivity index is 2.60. The van der Waals surface area contributed by atoms with Crippen molar-refractivity contribution in [2.45, 2.75) is 69.1 Å². The highest BCUT2D eigenvalue weighted by molar-refractivity contribution is 8.00. The van der Waals surface area contributed by atoms with Gasteiger partial charge in [0.1, 0.15) is 5.25 Å². The van der Waals surface area contributed by atoms with Crippen molar-refractivity contribution in [1.29, 1.82) is 0 Å². The zero-order valence-electron chi connectivity index (χ0n) is 13.7. The summed E-state index contributed by atoms with van der Waals surface area (Å²) in [5, 5.41) is 5.47. The number of nitrogens with zero attached hydrogens (tertiary/aromatic N) is 1. The van der Waals surface area contributed by atoms with Crippen molar-refractivity contribution in [3.8, 4) is 0 Å². The van der Waals surface area contributed by atoms with Crippen molar-refractivity contribution < 1.29 is 9.53 Å². The molecule has 0 aliphatic rings. The van der Waals surface area contributed by atoms with Crippen molar-refractivity contribution in [1.82, 2.24) is 15.2 Å². The molecule has 1 aromatic rings. The minimum atomic E-state index is -0.664. The summed E-state index contributed by atoms with van der Waals surface area (Å²) in [4.78, 5) is 36.8. The van der Waals surface area contributed by atoms with Gasteiger partial charge in [-0.15, -0.1) is 0 Å². The smallest absolute Gasteiger partial charge is 0.342 e. The largest absolute Gasteiger partial charge is 0.465 e. The summed E-state index contributed by atoms with van der Waals surface area (Å²) >= 11 is 1.04. The second-order valence-electron chi connectivity index (χ2n) is 5.23. The van der Waals surface area contributed by atoms with Crippen LogP contribution < -0.4 is 11.2 Å². The summed E-state index contributed by atoms with van der Waals surface area (Å²) in [6, 6.07) is 0. The molecule has 130 valence electrons. The first-order valence-electron chi connectivity index (χ1n) is 8.10. The van der Waals surface area contributed by atoms with E-state index >= 15 is 0 Å². The van der Waals surface area contributed by atoms with Gasteiger partial charge in [-0.3, -0.25) is 14.6 Å². The molecule has 0 spiro atoms. The molecular formula is C15H25N3O4S. The van der Waals surface area contributed by atoms with Gasteiger partial charge in [0.15, 0.2) is 5.03 Å². The summed E-state index contributed by atoms with van der Waals surface area (Å²) in [7, 11) is 0. The van der Waals surface area contributed by atoms with E-state index in [-0.39, 0.29) is 11.0 Å². The van der Waals surface area contributed by atoms with Gasteiger partial charge >= 0.3 is 11.7 Å². The van der Waals surface area contributed by atoms with Crippen LogP contribution in [0, 0.1) is 0 Å². The number of thioether (sulfide) groups is 1. The predicted octanol–water partition coefficient (Wildman–Crippen LogP) is 2.23. The Kier molecular flexibility index (Phi) is 9.35. The van der Waals surface area contributed by atoms with Crippen molar-refractivity contribution in [2.24, 2.45) is 0 Å². The Labute approximate surface area is 139 Å². The molecule has 0 fully saturated rings. The molecular weight excluding hydrogens is 318 g/mol. The molecule has 23 heavy (non-hydrogen) atoms. The first kappa shape index (κ1) is 19.5. The standard InChI is InChI=1S/C15H25N3O4S/c1-3-5-6-7-8-9-10-11(14(20)22-4-2)23-13-12(19)16-15(21)18-17-13/h11H,3-10H2,1-2H3,(H2,16,18,19,21)/t11-/m1/s1. The van der Waals surface area contributed by atoms with E-state index in [2.05, 4.69) is 22.1 Å². The molecule has 0 saturated heterocycles. The Morgan fingerprint density at radius 3 is 2.52 bits per heavy atom. The minimum absolute atomic E-state index is 0.0774. The van der Waals surface area contributed by atoms with Gasteiger partial charge < -0.3 is 4.74 Å². The molecule has 1 atom stereocenters. The van der Waals surface area contributed by atoms with Gasteiger partial charge in [0.05, 0.1) is 6.61 Å². The van der Waals surface area contributed by atoms with Crippen LogP contribution in [0.2, 0.25) is 0 Å². The van der Waals surface area contributed by atoms with E-state index in [0.29, 0.717) is 13.0 Å². The predicted molar refractivity (Wildman–Crippen MR) is 89.7 cm³/mol. The normalized spacial score (nSPS) is 12.1. The van der Waals surface area contributed by atoms with E-state index < -0.39 is 16.5 Å². The maximum absolute atomic E-state index is 12.0. The molecule has 0 bridgehead atoms. The molecule has 8 heteroatoms. The number of ether oxygens (including phenoxy) is 1. The monoisotopic (exact) mass is 343 g/mol. The van der Waals surface area contributed by atoms with Crippen LogP contribution in [-0.4, -0.2) is 33.0 Å². The molecule has 0 aromatic carbocycles. The number of rotatable bonds is 11. The van der Waals surface area contributed by atoms with E-state index in [1.165, 1.54) is 19.3 Å². The number of aromatic amines is 2. The van der Waals surface area contributed by atoms with Crippen LogP contribution in [0.3, 0.4) is 0 Å². The number of carbonyl (C=O) groups is 1. The molecule has 0 saturated carbocycles. The highest BCUT2D eigenvalue weighted by atomic mass is 32.2. The highest BCUT2D eigenvalue weighted by Gasteiger charge is 2.23. The molecule has 0 aliphatic heterocycles. The van der Waals surface area contributed by atoms with E-state index in [1.54, 1.807) is 6.92 Å². The zero-order valence-corrected chi connectivity index (χ0v) is 14.5. The molecule has 0 unspecified atom stereocenters. The van der Waals surface area contributed by atoms with Gasteiger partial charge in [-0.2, -0.15) is 5.10 Å². The van der Waals surface area contributed by atoms with Crippen LogP contribution in [0.1, 0.15) is 58.8 Å². The van der Waals surface area contributed by atoms with Crippen LogP contribution >= 0.6 is 11.8 Å². The Morgan fingerprint density at radius 2 is 1.87 bits per heavy atom. The lowest BCUT2D eigenvalue weighted by molar-refractivity contribution is -0.142. The lowest BCUT2D eigenvalue weighted by Crippen LogP contribution is -2.28. The van der Waals surface area contributed by atoms with E-state index in [9.17, 15) is 14.4 Å². The van der Waals surface area contributed by atoms with E-state index in [4.69, 9.17) is 4.74 Å². The van der Waals surface area contributed by atoms with Crippen molar-refractivity contribution in [3.63, 3.8) is 0 Å². The third-order valence-corrected chi connectivity index (χ3v) is 4.52. The van der Waals surface area contributed by atoms with Gasteiger partial charge in [-0.05, 0) is 13.3 Å². The lowest BCUT2D eigenvalue weighted by Gasteiger charge is -2.14. The fraction of sp³-hybridized carbons (Fsp3) is 0.733. The minimum Gasteiger partial charge on any atom is -0.465 e. The quantitative estimate of drug-likeness (QED) is 0.363. The van der Waals surface area contributed by atoms with Gasteiger partial charge in [0.2, 0.25) is 0 Å². The van der Waals surface area contributed by atoms with Crippen LogP contribution in [-0.2, 0) is 9.53 Å². The average Bonchev–Trinajstić information content (AvgIpc) is 2.51. The van der Waals surface area contributed by atoms with Crippen LogP contribution in [0.4, 0.5) is 0 Å². The fourth-order valence-electron chi connectivity index (χ4n) is 2.12. The molecule has 0 aliphatic carbocycles. The molecule has 0 radical (unpaired) electrons. The number of hydrogen-bond acceptors (Lipinski definition) is 6. The Bertz CT molecular complexity index is 585. The number of hydrogen-bond donors (Lipinski definition) is 2. The molecule has 7 nitrogen and oxygen atoms in total. The number of nitrogens with one attached hydrogen (secondary N) is 2. The number of unbranched alkanes of at least 4 members (excludes halogenated alkanes) is 5. The van der Waals surface area contributed by atoms with Crippen molar-refractivity contribution >= 4 is 17.7 Å². The Hall–Kier alpha value is -1.57. The lowest BCUT2D eigenvalue weighted by atomic mass is 10.1. The van der Waals surface area contributed by atoms with Crippen LogP contribution in [0.25, 0.3) is 0 Å². The number of esters is 1. The number of carbonyl (C=O) groups excluding carboxylic acids is 1. The van der Waals surface area contributed by atoms with E-state index in [0.717, 1.165) is 31.0 Å². The summed E-state index contributed by atoms with van der Waals surface area (Å²) in [6.07, 6.45) is 7.33. The Morgan fingerprint density at radius 1 is 1.17 bits per heavy atom. The number of H-pyrrole nitrogens is 2. The molecule has 2 N–H and O–H groups in total. The topological polar surface area (TPSA) is 105 Å². The van der Waals surface area contributed by atoms with Crippen molar-refractivity contribution in [3.05, 3.63) is 20.8 Å². The summed E-state index contributed by atoms with van der Waals surface area (Å²) in [5.41, 5.74) is -1.25. The average molecular weight is 343 g/mol. The maximum atomic E-state index is 12.0. The second kappa shape index (κ2) is 11.0. The third-order valence-electron chi connectivity index (χ3n) is 3.30. The molecule has 0 amide bonds. The molecule has 1 rings (SSSR count). The maximum Gasteiger partial charge on any atom is 0.342 e. The highest BCUT2D eigenvalue weighted by Crippen LogP contribution is 2.24. The van der Waals surface area contributed by atoms with Gasteiger partial charge in [0.25, 0.3) is 5.56 Å². The van der Waals surface area contributed by atoms with Gasteiger partial charge in [0, 0.05) is 0 Å². The van der Waals surface area contributed by atoms with Crippen LogP contribution in [0.15, 0.2) is 14.6 Å². The first-order valence-corrected chi connectivity index (χ1v) is 8.98. The van der Waals surface area contributed by atoms with Crippen molar-refractivity contribution in [2.75, 3.05) is 6.61 Å². The zero-order chi connectivity index (χ0) is 17.1. The SMILES string of the molecule is CCCCCCCC[C@@H](Sc1n[nH]c(=O)[nH]c1=O)C(=O)OCC. The van der Waals surface area contributed by atoms with Crippen LogP contribution in [0.5, 0.6) is 0 Å². The summed E-state index contributed by atoms with van der Waals surface area (Å²) in [6.45, 7) is 4.21. The summed E-state index contributed by atoms with van der Waals surface area (Å²) < 4.78 is 5.06. The first-order chi connectivity index (χ1) is 11.1. The molecule has 1 heterocycles. The van der Waals surface area contributed by atoms with Gasteiger partial charge in [-0.25, -0.2) is 9.89 Å². The number of aromatic nitrogens is 3. The van der Waals surface area contributed by atoms with E-state index in [1.807, 2.05) is 0 Å². The molecule has 1 aromatic heterocycles. The second-order valence-corrected chi connectivity index (χ2v) is 6.42. The third kappa shape index (κ3) is 7.49. The fourth-order valence-corrected chi connectivity index (χ4v) is 3.10. The summed E-state index contributed by atoms with van der Waals surface area (Å²) in [5.74, 6) is -0.349. The van der Waals surface area contributed by atoms with Gasteiger partial charge in [-0.1, -0.05) is 57.2 Å².